The van der Waals surface area contributed by atoms with Gasteiger partial charge in [0.15, 0.2) is 0 Å². The van der Waals surface area contributed by atoms with Gasteiger partial charge >= 0.3 is 0 Å². The maximum absolute atomic E-state index is 5.88. The first-order chi connectivity index (χ1) is 5.25. The maximum atomic E-state index is 5.88. The fourth-order valence-corrected chi connectivity index (χ4v) is 2.17. The van der Waals surface area contributed by atoms with E-state index < -0.39 is 0 Å². The molecule has 2 N–H and O–H groups in total. The Hall–Kier alpha value is -0.0900. The van der Waals surface area contributed by atoms with Gasteiger partial charge in [0, 0.05) is 10.8 Å². The third-order valence-corrected chi connectivity index (χ3v) is 3.03. The summed E-state index contributed by atoms with van der Waals surface area (Å²) in [6.45, 7) is 2.55. The van der Waals surface area contributed by atoms with Crippen LogP contribution in [0.4, 0.5) is 0 Å². The van der Waals surface area contributed by atoms with E-state index in [2.05, 4.69) is 4.84 Å². The van der Waals surface area contributed by atoms with Crippen LogP contribution < -0.4 is 5.90 Å². The minimum absolute atomic E-state index is 0.285. The van der Waals surface area contributed by atoms with Crippen molar-refractivity contribution < 1.29 is 4.84 Å². The smallest absolute Gasteiger partial charge is 0.0753 e. The van der Waals surface area contributed by atoms with Crippen molar-refractivity contribution in [3.8, 4) is 0 Å². The summed E-state index contributed by atoms with van der Waals surface area (Å²) in [7, 11) is 0. The van der Waals surface area contributed by atoms with Crippen LogP contribution in [0.5, 0.6) is 0 Å². The Balaban J connectivity index is 2.67. The summed E-state index contributed by atoms with van der Waals surface area (Å²) in [5.74, 6) is 5.23. The molecule has 4 heteroatoms. The Kier molecular flexibility index (Phi) is 3.33. The van der Waals surface area contributed by atoms with E-state index in [9.17, 15) is 0 Å². The second-order valence-corrected chi connectivity index (χ2v) is 3.72. The Bertz CT molecular complexity index is 226. The largest absolute Gasteiger partial charge is 0.304 e. The van der Waals surface area contributed by atoms with Crippen molar-refractivity contribution in [1.29, 1.82) is 0 Å². The molecule has 11 heavy (non-hydrogen) atoms. The van der Waals surface area contributed by atoms with Crippen LogP contribution in [0.1, 0.15) is 17.7 Å². The van der Waals surface area contributed by atoms with Gasteiger partial charge in [-0.2, -0.15) is 0 Å². The molecule has 2 nitrogen and oxygen atoms in total. The Morgan fingerprint density at radius 3 is 3.00 bits per heavy atom. The molecule has 0 spiro atoms. The monoisotopic (exact) mass is 191 g/mol. The first kappa shape index (κ1) is 9.00. The zero-order chi connectivity index (χ0) is 8.27. The molecular formula is C7H10ClNOS. The molecule has 1 aromatic heterocycles. The third-order valence-electron chi connectivity index (χ3n) is 1.44. The lowest BCUT2D eigenvalue weighted by molar-refractivity contribution is 0.127. The molecule has 0 aliphatic heterocycles. The van der Waals surface area contributed by atoms with Crippen molar-refractivity contribution >= 4 is 22.9 Å². The van der Waals surface area contributed by atoms with Crippen molar-refractivity contribution in [2.24, 2.45) is 5.90 Å². The molecule has 0 fully saturated rings. The number of hydrogen-bond donors (Lipinski definition) is 1. The molecule has 1 rings (SSSR count). The molecule has 0 saturated carbocycles. The van der Waals surface area contributed by atoms with Gasteiger partial charge in [0.1, 0.15) is 0 Å². The number of rotatable bonds is 3. The highest BCUT2D eigenvalue weighted by molar-refractivity contribution is 7.10. The molecular weight excluding hydrogens is 182 g/mol. The molecule has 0 bridgehead atoms. The normalized spacial score (nSPS) is 13.4. The Morgan fingerprint density at radius 1 is 1.82 bits per heavy atom. The minimum Gasteiger partial charge on any atom is -0.304 e. The summed E-state index contributed by atoms with van der Waals surface area (Å²) in [5.41, 5.74) is 0. The lowest BCUT2D eigenvalue weighted by Gasteiger charge is -2.06. The molecule has 0 saturated heterocycles. The highest BCUT2D eigenvalue weighted by atomic mass is 35.5. The lowest BCUT2D eigenvalue weighted by atomic mass is 10.1. The average Bonchev–Trinajstić information content (AvgIpc) is 2.36. The van der Waals surface area contributed by atoms with Gasteiger partial charge in [-0.3, -0.25) is 0 Å². The highest BCUT2D eigenvalue weighted by Crippen LogP contribution is 2.29. The topological polar surface area (TPSA) is 35.2 Å². The van der Waals surface area contributed by atoms with E-state index in [1.54, 1.807) is 11.3 Å². The SMILES string of the molecule is CC(CON)c1sccc1Cl. The number of nitrogens with two attached hydrogens (primary N) is 1. The van der Waals surface area contributed by atoms with E-state index in [1.807, 2.05) is 18.4 Å². The van der Waals surface area contributed by atoms with Gasteiger partial charge in [0.25, 0.3) is 0 Å². The van der Waals surface area contributed by atoms with Crippen LogP contribution in [-0.2, 0) is 4.84 Å². The molecule has 0 amide bonds. The van der Waals surface area contributed by atoms with E-state index >= 15 is 0 Å². The van der Waals surface area contributed by atoms with Gasteiger partial charge in [-0.1, -0.05) is 18.5 Å². The minimum atomic E-state index is 0.285. The van der Waals surface area contributed by atoms with Crippen molar-refractivity contribution in [1.82, 2.24) is 0 Å². The lowest BCUT2D eigenvalue weighted by Crippen LogP contribution is -2.07. The molecule has 1 heterocycles. The molecule has 1 aromatic rings. The van der Waals surface area contributed by atoms with Crippen LogP contribution in [0.25, 0.3) is 0 Å². The number of thiophene rings is 1. The van der Waals surface area contributed by atoms with Crippen LogP contribution in [0, 0.1) is 0 Å². The second kappa shape index (κ2) is 4.07. The van der Waals surface area contributed by atoms with Crippen molar-refractivity contribution in [3.05, 3.63) is 21.3 Å². The van der Waals surface area contributed by atoms with Gasteiger partial charge in [-0.05, 0) is 11.4 Å². The zero-order valence-corrected chi connectivity index (χ0v) is 7.78. The zero-order valence-electron chi connectivity index (χ0n) is 6.21. The van der Waals surface area contributed by atoms with Crippen LogP contribution in [0.15, 0.2) is 11.4 Å². The van der Waals surface area contributed by atoms with Crippen molar-refractivity contribution in [2.45, 2.75) is 12.8 Å². The van der Waals surface area contributed by atoms with Crippen LogP contribution >= 0.6 is 22.9 Å². The predicted octanol–water partition coefficient (Wildman–Crippen LogP) is 2.40. The van der Waals surface area contributed by atoms with Crippen molar-refractivity contribution in [3.63, 3.8) is 0 Å². The summed E-state index contributed by atoms with van der Waals surface area (Å²) in [4.78, 5) is 5.67. The summed E-state index contributed by atoms with van der Waals surface area (Å²) in [6.07, 6.45) is 0. The molecule has 0 aliphatic carbocycles. The van der Waals surface area contributed by atoms with E-state index in [0.717, 1.165) is 9.90 Å². The summed E-state index contributed by atoms with van der Waals surface area (Å²) >= 11 is 7.51. The van der Waals surface area contributed by atoms with E-state index in [0.29, 0.717) is 6.61 Å². The standard InChI is InChI=1S/C7H10ClNOS/c1-5(4-10-9)7-6(8)2-3-11-7/h2-3,5H,4,9H2,1H3. The Morgan fingerprint density at radius 2 is 2.55 bits per heavy atom. The van der Waals surface area contributed by atoms with Gasteiger partial charge < -0.3 is 4.84 Å². The fraction of sp³-hybridized carbons (Fsp3) is 0.429. The number of hydrogen-bond acceptors (Lipinski definition) is 3. The van der Waals surface area contributed by atoms with Gasteiger partial charge in [-0.15, -0.1) is 11.3 Å². The first-order valence-electron chi connectivity index (χ1n) is 3.30. The second-order valence-electron chi connectivity index (χ2n) is 2.37. The van der Waals surface area contributed by atoms with Gasteiger partial charge in [-0.25, -0.2) is 5.90 Å². The van der Waals surface area contributed by atoms with Crippen LogP contribution in [-0.4, -0.2) is 6.61 Å². The van der Waals surface area contributed by atoms with Crippen molar-refractivity contribution in [2.75, 3.05) is 6.61 Å². The quantitative estimate of drug-likeness (QED) is 0.745. The fourth-order valence-electron chi connectivity index (χ4n) is 0.877. The van der Waals surface area contributed by atoms with E-state index in [1.165, 1.54) is 0 Å². The molecule has 0 radical (unpaired) electrons. The van der Waals surface area contributed by atoms with Crippen LogP contribution in [0.2, 0.25) is 5.02 Å². The summed E-state index contributed by atoms with van der Waals surface area (Å²) in [6, 6.07) is 1.88. The first-order valence-corrected chi connectivity index (χ1v) is 4.56. The molecule has 62 valence electrons. The number of halogens is 1. The summed E-state index contributed by atoms with van der Waals surface area (Å²) in [5, 5.41) is 2.77. The predicted molar refractivity (Wildman–Crippen MR) is 47.9 cm³/mol. The van der Waals surface area contributed by atoms with Gasteiger partial charge in [0.05, 0.1) is 11.6 Å². The molecule has 0 aliphatic rings. The molecule has 1 atom stereocenters. The van der Waals surface area contributed by atoms with Crippen LogP contribution in [0.3, 0.4) is 0 Å². The molecule has 0 aromatic carbocycles. The maximum Gasteiger partial charge on any atom is 0.0753 e. The Labute approximate surface area is 74.9 Å². The highest BCUT2D eigenvalue weighted by Gasteiger charge is 2.10. The summed E-state index contributed by atoms with van der Waals surface area (Å²) < 4.78 is 0. The van der Waals surface area contributed by atoms with E-state index in [4.69, 9.17) is 17.5 Å². The third kappa shape index (κ3) is 2.17. The molecule has 1 unspecified atom stereocenters. The van der Waals surface area contributed by atoms with Gasteiger partial charge in [0.2, 0.25) is 0 Å². The van der Waals surface area contributed by atoms with E-state index in [-0.39, 0.29) is 5.92 Å². The average molecular weight is 192 g/mol.